The number of aliphatic hydroxyl groups excluding tert-OH is 1. The molecule has 0 heterocycles. The maximum absolute atomic E-state index is 12.1. The van der Waals surface area contributed by atoms with Gasteiger partial charge in [0.15, 0.2) is 5.75 Å². The summed E-state index contributed by atoms with van der Waals surface area (Å²) in [4.78, 5) is 0. The van der Waals surface area contributed by atoms with Crippen molar-refractivity contribution in [3.63, 3.8) is 0 Å². The molecule has 2 N–H and O–H groups in total. The Labute approximate surface area is 181 Å². The van der Waals surface area contributed by atoms with Gasteiger partial charge in [-0.2, -0.15) is 0 Å². The highest BCUT2D eigenvalue weighted by Crippen LogP contribution is 2.50. The molecule has 9 heteroatoms. The standard InChI is InChI=1S/C20H21Cl2NO5S/c21-16-6-12(11-24)7-17(22)19(16)28-15-3-1-2-14(8-15)23(29(26)27)18-10-20(25)5-4-13(18)9-20/h1-3,6-8,13,18,24-25H,4-5,9-11H2,(H,26,27)/p-1. The van der Waals surface area contributed by atoms with Crippen molar-refractivity contribution in [3.05, 3.63) is 52.0 Å². The molecule has 4 unspecified atom stereocenters. The molecule has 4 rings (SSSR count). The Morgan fingerprint density at radius 3 is 2.52 bits per heavy atom. The second-order valence-electron chi connectivity index (χ2n) is 7.69. The average Bonchev–Trinajstić information content (AvgIpc) is 3.20. The third-order valence-electron chi connectivity index (χ3n) is 5.75. The van der Waals surface area contributed by atoms with Gasteiger partial charge in [-0.3, -0.25) is 8.51 Å². The molecule has 2 saturated carbocycles. The zero-order chi connectivity index (χ0) is 20.8. The van der Waals surface area contributed by atoms with E-state index < -0.39 is 16.9 Å². The van der Waals surface area contributed by atoms with Crippen molar-refractivity contribution in [1.29, 1.82) is 0 Å². The lowest BCUT2D eigenvalue weighted by molar-refractivity contribution is 0.0495. The van der Waals surface area contributed by atoms with Crippen LogP contribution in [-0.2, 0) is 17.9 Å². The van der Waals surface area contributed by atoms with Crippen molar-refractivity contribution in [3.8, 4) is 11.5 Å². The molecular weight excluding hydrogens is 437 g/mol. The third-order valence-corrected chi connectivity index (χ3v) is 7.11. The molecule has 29 heavy (non-hydrogen) atoms. The fourth-order valence-electron chi connectivity index (χ4n) is 4.48. The minimum Gasteiger partial charge on any atom is -0.755 e. The van der Waals surface area contributed by atoms with E-state index in [0.717, 1.165) is 12.8 Å². The van der Waals surface area contributed by atoms with Crippen LogP contribution in [0, 0.1) is 5.92 Å². The van der Waals surface area contributed by atoms with E-state index in [-0.39, 0.29) is 34.4 Å². The van der Waals surface area contributed by atoms with Crippen LogP contribution in [-0.4, -0.2) is 30.6 Å². The molecule has 156 valence electrons. The summed E-state index contributed by atoms with van der Waals surface area (Å²) in [6, 6.07) is 9.50. The number of fused-ring (bicyclic) bond motifs is 2. The number of halogens is 2. The van der Waals surface area contributed by atoms with E-state index in [1.54, 1.807) is 36.4 Å². The minimum absolute atomic E-state index is 0.136. The molecular formula is C20H20Cl2NO5S-. The Kier molecular flexibility index (Phi) is 5.81. The minimum atomic E-state index is -2.50. The summed E-state index contributed by atoms with van der Waals surface area (Å²) in [5, 5.41) is 20.3. The second-order valence-corrected chi connectivity index (χ2v) is 9.33. The van der Waals surface area contributed by atoms with Gasteiger partial charge in [-0.05, 0) is 61.4 Å². The maximum atomic E-state index is 12.1. The Morgan fingerprint density at radius 1 is 1.24 bits per heavy atom. The summed E-state index contributed by atoms with van der Waals surface area (Å²) in [5.41, 5.74) is 0.246. The van der Waals surface area contributed by atoms with Crippen LogP contribution < -0.4 is 9.04 Å². The Hall–Kier alpha value is -1.35. The lowest BCUT2D eigenvalue weighted by Crippen LogP contribution is -2.42. The summed E-state index contributed by atoms with van der Waals surface area (Å²) in [7, 11) is 0. The zero-order valence-corrected chi connectivity index (χ0v) is 17.7. The van der Waals surface area contributed by atoms with E-state index in [2.05, 4.69) is 0 Å². The lowest BCUT2D eigenvalue weighted by atomic mass is 9.93. The zero-order valence-electron chi connectivity index (χ0n) is 15.4. The number of hydrogen-bond acceptors (Lipinski definition) is 5. The van der Waals surface area contributed by atoms with Gasteiger partial charge in [0.1, 0.15) is 5.75 Å². The van der Waals surface area contributed by atoms with Gasteiger partial charge in [-0.1, -0.05) is 29.3 Å². The summed E-state index contributed by atoms with van der Waals surface area (Å²) >= 11 is 9.95. The van der Waals surface area contributed by atoms with Crippen molar-refractivity contribution in [2.75, 3.05) is 4.31 Å². The van der Waals surface area contributed by atoms with E-state index in [4.69, 9.17) is 27.9 Å². The lowest BCUT2D eigenvalue weighted by Gasteiger charge is -2.38. The number of rotatable bonds is 6. The van der Waals surface area contributed by atoms with Gasteiger partial charge in [-0.25, -0.2) is 0 Å². The highest BCUT2D eigenvalue weighted by atomic mass is 35.5. The monoisotopic (exact) mass is 456 g/mol. The predicted octanol–water partition coefficient (Wildman–Crippen LogP) is 4.18. The summed E-state index contributed by atoms with van der Waals surface area (Å²) in [6.45, 7) is -0.200. The fourth-order valence-corrected chi connectivity index (χ4v) is 5.84. The molecule has 0 saturated heterocycles. The van der Waals surface area contributed by atoms with Crippen LogP contribution in [0.1, 0.15) is 31.2 Å². The van der Waals surface area contributed by atoms with Gasteiger partial charge in [0.05, 0.1) is 27.9 Å². The molecule has 0 spiro atoms. The fraction of sp³-hybridized carbons (Fsp3) is 0.400. The average molecular weight is 457 g/mol. The molecule has 2 fully saturated rings. The molecule has 6 nitrogen and oxygen atoms in total. The smallest absolute Gasteiger partial charge is 0.164 e. The maximum Gasteiger partial charge on any atom is 0.164 e. The van der Waals surface area contributed by atoms with Crippen molar-refractivity contribution >= 4 is 40.2 Å². The number of hydrogen-bond donors (Lipinski definition) is 2. The number of nitrogens with zero attached hydrogens (tertiary/aromatic N) is 1. The number of ether oxygens (including phenoxy) is 1. The van der Waals surface area contributed by atoms with Crippen LogP contribution in [0.2, 0.25) is 10.0 Å². The Bertz CT molecular complexity index is 935. The second kappa shape index (κ2) is 8.06. The van der Waals surface area contributed by atoms with E-state index in [1.165, 1.54) is 4.31 Å². The van der Waals surface area contributed by atoms with Gasteiger partial charge in [0.25, 0.3) is 0 Å². The first-order valence-electron chi connectivity index (χ1n) is 9.27. The largest absolute Gasteiger partial charge is 0.755 e. The first-order chi connectivity index (χ1) is 13.8. The van der Waals surface area contributed by atoms with Gasteiger partial charge in [0, 0.05) is 23.4 Å². The van der Waals surface area contributed by atoms with Crippen LogP contribution in [0.4, 0.5) is 5.69 Å². The molecule has 4 atom stereocenters. The van der Waals surface area contributed by atoms with Crippen LogP contribution in [0.5, 0.6) is 11.5 Å². The molecule has 2 aromatic rings. The number of anilines is 1. The molecule has 2 aliphatic rings. The van der Waals surface area contributed by atoms with Crippen molar-refractivity contribution in [1.82, 2.24) is 0 Å². The van der Waals surface area contributed by atoms with Gasteiger partial charge < -0.3 is 19.5 Å². The predicted molar refractivity (Wildman–Crippen MR) is 111 cm³/mol. The highest BCUT2D eigenvalue weighted by Gasteiger charge is 2.51. The Morgan fingerprint density at radius 2 is 1.97 bits per heavy atom. The summed E-state index contributed by atoms with van der Waals surface area (Å²) in [6.07, 6.45) is 2.59. The first-order valence-corrected chi connectivity index (χ1v) is 11.1. The van der Waals surface area contributed by atoms with E-state index in [1.807, 2.05) is 0 Å². The van der Waals surface area contributed by atoms with Crippen LogP contribution in [0.3, 0.4) is 0 Å². The molecule has 2 aliphatic carbocycles. The summed E-state index contributed by atoms with van der Waals surface area (Å²) in [5.74, 6) is 0.740. The number of benzene rings is 2. The van der Waals surface area contributed by atoms with Gasteiger partial charge in [-0.15, -0.1) is 0 Å². The molecule has 0 aromatic heterocycles. The molecule has 2 aromatic carbocycles. The van der Waals surface area contributed by atoms with Crippen molar-refractivity contribution in [2.24, 2.45) is 5.92 Å². The highest BCUT2D eigenvalue weighted by molar-refractivity contribution is 7.80. The molecule has 0 radical (unpaired) electrons. The van der Waals surface area contributed by atoms with E-state index in [9.17, 15) is 19.0 Å². The normalized spacial score (nSPS) is 26.5. The molecule has 2 bridgehead atoms. The molecule has 0 aliphatic heterocycles. The van der Waals surface area contributed by atoms with E-state index in [0.29, 0.717) is 29.8 Å². The Balaban J connectivity index is 1.62. The van der Waals surface area contributed by atoms with Crippen molar-refractivity contribution < 1.29 is 23.7 Å². The van der Waals surface area contributed by atoms with Gasteiger partial charge >= 0.3 is 0 Å². The summed E-state index contributed by atoms with van der Waals surface area (Å²) < 4.78 is 31.3. The van der Waals surface area contributed by atoms with Crippen molar-refractivity contribution in [2.45, 2.75) is 43.9 Å². The molecule has 0 amide bonds. The van der Waals surface area contributed by atoms with Crippen LogP contribution in [0.25, 0.3) is 0 Å². The SMILES string of the molecule is O=S([O-])N(c1cccc(Oc2c(Cl)cc(CO)cc2Cl)c1)C1CC2(O)CCC1C2. The van der Waals surface area contributed by atoms with Gasteiger partial charge in [0.2, 0.25) is 0 Å². The number of aliphatic hydroxyl groups is 2. The van der Waals surface area contributed by atoms with E-state index >= 15 is 0 Å². The third kappa shape index (κ3) is 4.13. The first kappa shape index (κ1) is 20.9. The quantitative estimate of drug-likeness (QED) is 0.635. The van der Waals surface area contributed by atoms with Crippen LogP contribution in [0.15, 0.2) is 36.4 Å². The topological polar surface area (TPSA) is 93.1 Å². The van der Waals surface area contributed by atoms with Crippen LogP contribution >= 0.6 is 23.2 Å².